The van der Waals surface area contributed by atoms with E-state index in [0.717, 1.165) is 5.56 Å². The Labute approximate surface area is 179 Å². The summed E-state index contributed by atoms with van der Waals surface area (Å²) in [4.78, 5) is 35.6. The quantitative estimate of drug-likeness (QED) is 0.376. The van der Waals surface area contributed by atoms with Crippen LogP contribution in [0.3, 0.4) is 0 Å². The summed E-state index contributed by atoms with van der Waals surface area (Å²) in [5.74, 6) is -1.09. The van der Waals surface area contributed by atoms with Gasteiger partial charge in [0.2, 0.25) is 0 Å². The van der Waals surface area contributed by atoms with Gasteiger partial charge < -0.3 is 14.7 Å². The average molecular weight is 415 g/mol. The molecule has 1 N–H and O–H groups in total. The molecule has 1 aromatic carbocycles. The maximum absolute atomic E-state index is 13.0. The number of Topliss-reactive ketones (excluding diaryl/α,β-unsaturated/α-hetero) is 1. The lowest BCUT2D eigenvalue weighted by Crippen LogP contribution is -2.29. The van der Waals surface area contributed by atoms with Crippen molar-refractivity contribution in [3.8, 4) is 5.75 Å². The number of hydrogen-bond acceptors (Lipinski definition) is 6. The molecular weight excluding hydrogens is 394 g/mol. The normalized spacial score (nSPS) is 17.7. The van der Waals surface area contributed by atoms with Crippen molar-refractivity contribution in [2.75, 3.05) is 6.61 Å². The van der Waals surface area contributed by atoms with Gasteiger partial charge in [-0.15, -0.1) is 0 Å². The number of aliphatic hydroxyl groups is 1. The van der Waals surface area contributed by atoms with Gasteiger partial charge in [0.25, 0.3) is 11.7 Å². The van der Waals surface area contributed by atoms with Crippen molar-refractivity contribution in [2.24, 2.45) is 0 Å². The minimum Gasteiger partial charge on any atom is -0.507 e. The number of likely N-dealkylation sites (tertiary alicyclic amines) is 1. The molecule has 1 atom stereocenters. The number of carbonyl (C=O) groups is 2. The van der Waals surface area contributed by atoms with Gasteiger partial charge in [-0.3, -0.25) is 19.6 Å². The lowest BCUT2D eigenvalue weighted by atomic mass is 9.96. The van der Waals surface area contributed by atoms with Crippen LogP contribution in [-0.4, -0.2) is 38.3 Å². The van der Waals surface area contributed by atoms with E-state index in [1.807, 2.05) is 6.92 Å². The van der Waals surface area contributed by atoms with Gasteiger partial charge in [-0.05, 0) is 48.4 Å². The fraction of sp³-hybridized carbons (Fsp3) is 0.167. The van der Waals surface area contributed by atoms with Gasteiger partial charge in [-0.1, -0.05) is 18.2 Å². The van der Waals surface area contributed by atoms with E-state index < -0.39 is 17.7 Å². The molecular formula is C24H21N3O4. The van der Waals surface area contributed by atoms with Gasteiger partial charge in [0, 0.05) is 36.9 Å². The van der Waals surface area contributed by atoms with Crippen LogP contribution in [0.5, 0.6) is 5.75 Å². The zero-order valence-corrected chi connectivity index (χ0v) is 16.9. The molecule has 156 valence electrons. The minimum absolute atomic E-state index is 0.0284. The number of hydrogen-bond donors (Lipinski definition) is 1. The lowest BCUT2D eigenvalue weighted by Gasteiger charge is -2.25. The Morgan fingerprint density at radius 1 is 1.06 bits per heavy atom. The van der Waals surface area contributed by atoms with Crippen LogP contribution in [0.15, 0.2) is 78.9 Å². The van der Waals surface area contributed by atoms with Gasteiger partial charge in [0.1, 0.15) is 11.5 Å². The molecule has 1 aliphatic rings. The zero-order chi connectivity index (χ0) is 21.8. The largest absolute Gasteiger partial charge is 0.507 e. The molecule has 0 radical (unpaired) electrons. The highest BCUT2D eigenvalue weighted by Gasteiger charge is 2.46. The van der Waals surface area contributed by atoms with Gasteiger partial charge in [-0.2, -0.15) is 0 Å². The van der Waals surface area contributed by atoms with Crippen LogP contribution < -0.4 is 4.74 Å². The van der Waals surface area contributed by atoms with E-state index >= 15 is 0 Å². The summed E-state index contributed by atoms with van der Waals surface area (Å²) in [7, 11) is 0. The van der Waals surface area contributed by atoms with Crippen LogP contribution in [0.4, 0.5) is 0 Å². The second-order valence-electron chi connectivity index (χ2n) is 7.03. The minimum atomic E-state index is -0.766. The van der Waals surface area contributed by atoms with Gasteiger partial charge in [0.05, 0.1) is 18.2 Å². The molecule has 1 amide bonds. The van der Waals surface area contributed by atoms with Crippen molar-refractivity contribution in [3.05, 3.63) is 95.6 Å². The predicted molar refractivity (Wildman–Crippen MR) is 114 cm³/mol. The second kappa shape index (κ2) is 8.79. The molecule has 2 aromatic heterocycles. The molecule has 1 fully saturated rings. The SMILES string of the molecule is CCOc1cccc(C(O)=C2C(=O)C(=O)N(Cc3ccncc3)[C@H]2c2cccnc2)c1. The number of benzene rings is 1. The summed E-state index contributed by atoms with van der Waals surface area (Å²) in [5.41, 5.74) is 1.89. The number of carbonyl (C=O) groups excluding carboxylic acids is 2. The van der Waals surface area contributed by atoms with E-state index in [1.54, 1.807) is 73.3 Å². The summed E-state index contributed by atoms with van der Waals surface area (Å²) in [6.45, 7) is 2.53. The third kappa shape index (κ3) is 4.02. The van der Waals surface area contributed by atoms with Crippen LogP contribution in [-0.2, 0) is 16.1 Å². The summed E-state index contributed by atoms with van der Waals surface area (Å²) < 4.78 is 5.51. The lowest BCUT2D eigenvalue weighted by molar-refractivity contribution is -0.140. The first kappa shape index (κ1) is 20.3. The highest BCUT2D eigenvalue weighted by atomic mass is 16.5. The van der Waals surface area contributed by atoms with Crippen molar-refractivity contribution in [1.29, 1.82) is 0 Å². The molecule has 0 bridgehead atoms. The van der Waals surface area contributed by atoms with Crippen LogP contribution in [0.1, 0.15) is 29.7 Å². The molecule has 0 saturated carbocycles. The fourth-order valence-corrected chi connectivity index (χ4v) is 3.67. The number of nitrogens with zero attached hydrogens (tertiary/aromatic N) is 3. The predicted octanol–water partition coefficient (Wildman–Crippen LogP) is 3.50. The molecule has 3 aromatic rings. The van der Waals surface area contributed by atoms with E-state index in [9.17, 15) is 14.7 Å². The summed E-state index contributed by atoms with van der Waals surface area (Å²) >= 11 is 0. The number of amides is 1. The average Bonchev–Trinajstić information content (AvgIpc) is 3.05. The highest BCUT2D eigenvalue weighted by Crippen LogP contribution is 2.40. The second-order valence-corrected chi connectivity index (χ2v) is 7.03. The van der Waals surface area contributed by atoms with E-state index in [-0.39, 0.29) is 17.9 Å². The van der Waals surface area contributed by atoms with Gasteiger partial charge in [0.15, 0.2) is 0 Å². The van der Waals surface area contributed by atoms with E-state index in [0.29, 0.717) is 23.5 Å². The zero-order valence-electron chi connectivity index (χ0n) is 16.9. The Kier molecular flexibility index (Phi) is 5.75. The van der Waals surface area contributed by atoms with Gasteiger partial charge >= 0.3 is 0 Å². The third-order valence-electron chi connectivity index (χ3n) is 5.06. The molecule has 1 aliphatic heterocycles. The van der Waals surface area contributed by atoms with Crippen LogP contribution in [0.2, 0.25) is 0 Å². The fourth-order valence-electron chi connectivity index (χ4n) is 3.67. The number of aliphatic hydroxyl groups excluding tert-OH is 1. The Bertz CT molecular complexity index is 1130. The van der Waals surface area contributed by atoms with Crippen molar-refractivity contribution < 1.29 is 19.4 Å². The first-order valence-electron chi connectivity index (χ1n) is 9.90. The molecule has 0 spiro atoms. The smallest absolute Gasteiger partial charge is 0.295 e. The molecule has 4 rings (SSSR count). The van der Waals surface area contributed by atoms with Crippen molar-refractivity contribution >= 4 is 17.4 Å². The Balaban J connectivity index is 1.83. The summed E-state index contributed by atoms with van der Waals surface area (Å²) in [5, 5.41) is 11.1. The molecule has 0 aliphatic carbocycles. The third-order valence-corrected chi connectivity index (χ3v) is 5.06. The molecule has 0 unspecified atom stereocenters. The first-order valence-corrected chi connectivity index (χ1v) is 9.90. The first-order chi connectivity index (χ1) is 15.1. The maximum Gasteiger partial charge on any atom is 0.295 e. The van der Waals surface area contributed by atoms with Gasteiger partial charge in [-0.25, -0.2) is 0 Å². The topological polar surface area (TPSA) is 92.6 Å². The summed E-state index contributed by atoms with van der Waals surface area (Å²) in [6, 6.07) is 13.1. The molecule has 1 saturated heterocycles. The molecule has 3 heterocycles. The number of ketones is 1. The molecule has 7 heteroatoms. The van der Waals surface area contributed by atoms with Crippen molar-refractivity contribution in [1.82, 2.24) is 14.9 Å². The number of ether oxygens (including phenoxy) is 1. The van der Waals surface area contributed by atoms with Crippen LogP contribution in [0.25, 0.3) is 5.76 Å². The molecule has 7 nitrogen and oxygen atoms in total. The van der Waals surface area contributed by atoms with Crippen LogP contribution >= 0.6 is 0 Å². The summed E-state index contributed by atoms with van der Waals surface area (Å²) in [6.07, 6.45) is 6.47. The number of rotatable bonds is 6. The Morgan fingerprint density at radius 3 is 2.58 bits per heavy atom. The van der Waals surface area contributed by atoms with E-state index in [4.69, 9.17) is 4.74 Å². The Hall–Kier alpha value is -4.00. The van der Waals surface area contributed by atoms with Crippen molar-refractivity contribution in [2.45, 2.75) is 19.5 Å². The van der Waals surface area contributed by atoms with Crippen molar-refractivity contribution in [3.63, 3.8) is 0 Å². The number of pyridine rings is 2. The maximum atomic E-state index is 13.0. The monoisotopic (exact) mass is 415 g/mol. The molecule has 31 heavy (non-hydrogen) atoms. The van der Waals surface area contributed by atoms with E-state index in [1.165, 1.54) is 4.90 Å². The number of aromatic nitrogens is 2. The standard InChI is InChI=1S/C24H21N3O4/c1-2-31-19-7-3-5-17(13-19)22(28)20-21(18-6-4-10-26-14-18)27(24(30)23(20)29)15-16-8-11-25-12-9-16/h3-14,21,28H,2,15H2,1H3/t21-/m0/s1. The highest BCUT2D eigenvalue weighted by molar-refractivity contribution is 6.46. The Morgan fingerprint density at radius 2 is 1.87 bits per heavy atom. The van der Waals surface area contributed by atoms with E-state index in [2.05, 4.69) is 9.97 Å². The van der Waals surface area contributed by atoms with Crippen LogP contribution in [0, 0.1) is 0 Å².